The summed E-state index contributed by atoms with van der Waals surface area (Å²) >= 11 is 0. The van der Waals surface area contributed by atoms with Gasteiger partial charge >= 0.3 is 6.36 Å². The van der Waals surface area contributed by atoms with Gasteiger partial charge in [-0.3, -0.25) is 0 Å². The predicted octanol–water partition coefficient (Wildman–Crippen LogP) is 2.31. The quantitative estimate of drug-likeness (QED) is 0.790. The first-order valence-electron chi connectivity index (χ1n) is 5.52. The fraction of sp³-hybridized carbons (Fsp3) is 0.500. The average molecular weight is 279 g/mol. The van der Waals surface area contributed by atoms with Gasteiger partial charge in [0.25, 0.3) is 0 Å². The maximum atomic E-state index is 12.1. The Morgan fingerprint density at radius 2 is 1.89 bits per heavy atom. The molecule has 1 aromatic rings. The smallest absolute Gasteiger partial charge is 0.504 e. The summed E-state index contributed by atoms with van der Waals surface area (Å²) < 4.78 is 40.2. The van der Waals surface area contributed by atoms with Crippen LogP contribution in [0.5, 0.6) is 11.5 Å². The number of phenols is 1. The zero-order chi connectivity index (χ0) is 14.8. The van der Waals surface area contributed by atoms with Crippen molar-refractivity contribution in [2.45, 2.75) is 26.3 Å². The van der Waals surface area contributed by atoms with E-state index in [0.717, 1.165) is 6.07 Å². The lowest BCUT2D eigenvalue weighted by molar-refractivity contribution is -0.275. The highest BCUT2D eigenvalue weighted by Crippen LogP contribution is 2.41. The van der Waals surface area contributed by atoms with Crippen molar-refractivity contribution in [1.82, 2.24) is 0 Å². The summed E-state index contributed by atoms with van der Waals surface area (Å²) in [7, 11) is 0. The van der Waals surface area contributed by atoms with Gasteiger partial charge in [-0.05, 0) is 6.07 Å². The molecule has 19 heavy (non-hydrogen) atoms. The molecular weight excluding hydrogens is 263 g/mol. The molecule has 0 bridgehead atoms. The molecule has 7 heteroatoms. The number of phenolic OH excluding ortho intramolecular Hbond substituents is 1. The van der Waals surface area contributed by atoms with Crippen LogP contribution >= 0.6 is 0 Å². The first-order chi connectivity index (χ1) is 8.58. The minimum Gasteiger partial charge on any atom is -0.504 e. The fourth-order valence-corrected chi connectivity index (χ4v) is 1.52. The molecule has 0 heterocycles. The first kappa shape index (κ1) is 15.6. The molecule has 0 amide bonds. The molecule has 4 nitrogen and oxygen atoms in total. The maximum absolute atomic E-state index is 12.1. The van der Waals surface area contributed by atoms with E-state index in [-0.39, 0.29) is 12.2 Å². The highest BCUT2D eigenvalue weighted by atomic mass is 19.4. The van der Waals surface area contributed by atoms with Crippen molar-refractivity contribution in [1.29, 1.82) is 0 Å². The molecule has 0 fully saturated rings. The third-order valence-electron chi connectivity index (χ3n) is 2.84. The van der Waals surface area contributed by atoms with E-state index in [1.54, 1.807) is 13.8 Å². The molecule has 0 radical (unpaired) electrons. The molecular formula is C12H16F3NO3. The Balaban J connectivity index is 3.14. The van der Waals surface area contributed by atoms with Crippen LogP contribution in [0.3, 0.4) is 0 Å². The van der Waals surface area contributed by atoms with Crippen molar-refractivity contribution in [3.05, 3.63) is 23.8 Å². The highest BCUT2D eigenvalue weighted by Gasteiger charge is 2.34. The second-order valence-corrected chi connectivity index (χ2v) is 4.87. The van der Waals surface area contributed by atoms with Crippen molar-refractivity contribution in [3.63, 3.8) is 0 Å². The number of ether oxygens (including phenoxy) is 1. The van der Waals surface area contributed by atoms with Crippen molar-refractivity contribution in [2.24, 2.45) is 11.1 Å². The Morgan fingerprint density at radius 1 is 1.32 bits per heavy atom. The van der Waals surface area contributed by atoms with Gasteiger partial charge in [0, 0.05) is 23.6 Å². The zero-order valence-corrected chi connectivity index (χ0v) is 10.5. The van der Waals surface area contributed by atoms with Crippen LogP contribution in [0.1, 0.15) is 25.5 Å². The van der Waals surface area contributed by atoms with Gasteiger partial charge in [0.2, 0.25) is 0 Å². The molecule has 4 N–H and O–H groups in total. The number of nitrogens with two attached hydrogens (primary N) is 1. The molecule has 0 unspecified atom stereocenters. The largest absolute Gasteiger partial charge is 0.573 e. The summed E-state index contributed by atoms with van der Waals surface area (Å²) in [5.74, 6) is -1.39. The van der Waals surface area contributed by atoms with E-state index < -0.39 is 29.3 Å². The number of aromatic hydroxyl groups is 1. The number of benzene rings is 1. The Labute approximate surface area is 108 Å². The molecule has 0 saturated carbocycles. The van der Waals surface area contributed by atoms with E-state index in [2.05, 4.69) is 4.74 Å². The summed E-state index contributed by atoms with van der Waals surface area (Å²) in [6.45, 7) is 2.99. The number of alkyl halides is 3. The summed E-state index contributed by atoms with van der Waals surface area (Å²) in [6.07, 6.45) is -4.90. The van der Waals surface area contributed by atoms with Gasteiger partial charge in [0.15, 0.2) is 11.5 Å². The lowest BCUT2D eigenvalue weighted by atomic mass is 9.81. The second-order valence-electron chi connectivity index (χ2n) is 4.87. The van der Waals surface area contributed by atoms with Gasteiger partial charge in [-0.25, -0.2) is 0 Å². The van der Waals surface area contributed by atoms with Gasteiger partial charge in [-0.1, -0.05) is 26.0 Å². The van der Waals surface area contributed by atoms with Crippen LogP contribution in [0.25, 0.3) is 0 Å². The number of hydrogen-bond acceptors (Lipinski definition) is 4. The van der Waals surface area contributed by atoms with Gasteiger partial charge < -0.3 is 20.7 Å². The van der Waals surface area contributed by atoms with Crippen molar-refractivity contribution < 1.29 is 28.1 Å². The van der Waals surface area contributed by atoms with Crippen LogP contribution in [0.2, 0.25) is 0 Å². The van der Waals surface area contributed by atoms with Crippen LogP contribution in [0.15, 0.2) is 18.2 Å². The minimum absolute atomic E-state index is 0.0841. The minimum atomic E-state index is -4.90. The Morgan fingerprint density at radius 3 is 2.37 bits per heavy atom. The lowest BCUT2D eigenvalue weighted by Crippen LogP contribution is -2.32. The maximum Gasteiger partial charge on any atom is 0.573 e. The summed E-state index contributed by atoms with van der Waals surface area (Å²) in [5, 5.41) is 19.0. The van der Waals surface area contributed by atoms with Crippen molar-refractivity contribution >= 4 is 0 Å². The first-order valence-corrected chi connectivity index (χ1v) is 5.52. The number of para-hydroxylation sites is 1. The topological polar surface area (TPSA) is 75.7 Å². The van der Waals surface area contributed by atoms with E-state index in [1.807, 2.05) is 0 Å². The predicted molar refractivity (Wildman–Crippen MR) is 62.6 cm³/mol. The molecule has 0 spiro atoms. The molecule has 108 valence electrons. The van der Waals surface area contributed by atoms with E-state index >= 15 is 0 Å². The molecule has 1 aromatic carbocycles. The van der Waals surface area contributed by atoms with Crippen LogP contribution < -0.4 is 10.5 Å². The van der Waals surface area contributed by atoms with Gasteiger partial charge in [-0.2, -0.15) is 0 Å². The van der Waals surface area contributed by atoms with E-state index in [1.165, 1.54) is 12.1 Å². The average Bonchev–Trinajstić information content (AvgIpc) is 2.29. The summed E-state index contributed by atoms with van der Waals surface area (Å²) in [4.78, 5) is 0. The monoisotopic (exact) mass is 279 g/mol. The third-order valence-corrected chi connectivity index (χ3v) is 2.84. The van der Waals surface area contributed by atoms with Crippen molar-refractivity contribution in [3.8, 4) is 11.5 Å². The molecule has 0 aliphatic carbocycles. The molecule has 1 atom stereocenters. The molecule has 1 rings (SSSR count). The number of halogens is 3. The van der Waals surface area contributed by atoms with Crippen molar-refractivity contribution in [2.75, 3.05) is 6.61 Å². The molecule has 0 saturated heterocycles. The van der Waals surface area contributed by atoms with E-state index in [9.17, 15) is 23.4 Å². The zero-order valence-electron chi connectivity index (χ0n) is 10.5. The number of hydrogen-bond donors (Lipinski definition) is 3. The summed E-state index contributed by atoms with van der Waals surface area (Å²) in [6, 6.07) is 2.84. The van der Waals surface area contributed by atoms with Crippen LogP contribution in [0.4, 0.5) is 13.2 Å². The Kier molecular flexibility index (Phi) is 4.32. The third kappa shape index (κ3) is 3.74. The number of aliphatic hydroxyl groups is 1. The second kappa shape index (κ2) is 5.26. The number of aliphatic hydroxyl groups excluding tert-OH is 1. The normalized spacial score (nSPS) is 14.3. The number of rotatable bonds is 4. The Bertz CT molecular complexity index is 446. The molecule has 0 aliphatic rings. The standard InChI is InChI=1S/C12H16F3NO3/c1-11(2,6-17)10(16)7-4-3-5-8(9(7)18)19-12(13,14)15/h3-5,10,17-18H,6,16H2,1-2H3/t10-/m0/s1. The lowest BCUT2D eigenvalue weighted by Gasteiger charge is -2.30. The van der Waals surface area contributed by atoms with E-state index in [0.29, 0.717) is 0 Å². The SMILES string of the molecule is CC(C)(CO)[C@@H](N)c1cccc(OC(F)(F)F)c1O. The molecule has 0 aromatic heterocycles. The van der Waals surface area contributed by atoms with E-state index in [4.69, 9.17) is 5.73 Å². The Hall–Kier alpha value is -1.47. The van der Waals surface area contributed by atoms with Crippen LogP contribution in [0, 0.1) is 5.41 Å². The highest BCUT2D eigenvalue weighted by molar-refractivity contribution is 5.47. The van der Waals surface area contributed by atoms with Gasteiger partial charge in [0.05, 0.1) is 0 Å². The molecule has 0 aliphatic heterocycles. The van der Waals surface area contributed by atoms with Crippen LogP contribution in [-0.2, 0) is 0 Å². The van der Waals surface area contributed by atoms with Gasteiger partial charge in [0.1, 0.15) is 0 Å². The fourth-order valence-electron chi connectivity index (χ4n) is 1.52. The van der Waals surface area contributed by atoms with Crippen LogP contribution in [-0.4, -0.2) is 23.2 Å². The van der Waals surface area contributed by atoms with Gasteiger partial charge in [-0.15, -0.1) is 13.2 Å². The summed E-state index contributed by atoms with van der Waals surface area (Å²) in [5.41, 5.74) is 5.15.